The summed E-state index contributed by atoms with van der Waals surface area (Å²) >= 11 is 0. The number of imidazole rings is 2. The van der Waals surface area contributed by atoms with Crippen molar-refractivity contribution in [3.63, 3.8) is 0 Å². The number of carbonyl (C=O) groups excluding carboxylic acids is 4. The molecule has 1 saturated heterocycles. The molecule has 286 valence electrons. The minimum Gasteiger partial charge on any atom is -0.453 e. The highest BCUT2D eigenvalue weighted by Gasteiger charge is 2.44. The van der Waals surface area contributed by atoms with E-state index in [1.165, 1.54) is 14.2 Å². The van der Waals surface area contributed by atoms with E-state index < -0.39 is 29.8 Å². The van der Waals surface area contributed by atoms with Crippen molar-refractivity contribution in [3.8, 4) is 33.6 Å². The summed E-state index contributed by atoms with van der Waals surface area (Å²) in [4.78, 5) is 68.6. The van der Waals surface area contributed by atoms with Gasteiger partial charge in [-0.2, -0.15) is 0 Å². The molecular weight excluding hydrogens is 688 g/mol. The summed E-state index contributed by atoms with van der Waals surface area (Å²) in [7, 11) is 2.56. The average molecular weight is 739 g/mol. The van der Waals surface area contributed by atoms with Crippen LogP contribution >= 0.6 is 0 Å². The number of nitrogens with one attached hydrogen (secondary N) is 5. The zero-order chi connectivity index (χ0) is 38.6. The zero-order valence-corrected chi connectivity index (χ0v) is 31.7. The van der Waals surface area contributed by atoms with Crippen molar-refractivity contribution in [1.29, 1.82) is 0 Å². The van der Waals surface area contributed by atoms with Crippen LogP contribution in [0.3, 0.4) is 0 Å². The van der Waals surface area contributed by atoms with Crippen LogP contribution in [0, 0.1) is 11.8 Å². The maximum Gasteiger partial charge on any atom is 0.407 e. The second-order valence-electron chi connectivity index (χ2n) is 14.8. The third kappa shape index (κ3) is 7.97. The number of amides is 4. The molecule has 4 aromatic rings. The highest BCUT2D eigenvalue weighted by Crippen LogP contribution is 2.41. The molecule has 14 heteroatoms. The highest BCUT2D eigenvalue weighted by atomic mass is 16.5. The molecule has 0 unspecified atom stereocenters. The van der Waals surface area contributed by atoms with E-state index in [9.17, 15) is 19.2 Å². The van der Waals surface area contributed by atoms with Gasteiger partial charge < -0.3 is 40.3 Å². The Kier molecular flexibility index (Phi) is 11.4. The number of H-pyrrole nitrogens is 2. The Morgan fingerprint density at radius 1 is 0.741 bits per heavy atom. The largest absolute Gasteiger partial charge is 0.453 e. The zero-order valence-electron chi connectivity index (χ0n) is 31.7. The summed E-state index contributed by atoms with van der Waals surface area (Å²) in [6.07, 6.45) is 6.40. The minimum atomic E-state index is -0.732. The number of benzene rings is 2. The molecule has 3 atom stereocenters. The lowest BCUT2D eigenvalue weighted by Crippen LogP contribution is -2.58. The Bertz CT molecular complexity index is 1950. The molecule has 1 aliphatic carbocycles. The van der Waals surface area contributed by atoms with Gasteiger partial charge in [0.2, 0.25) is 11.8 Å². The molecule has 3 heterocycles. The molecule has 2 aromatic heterocycles. The lowest BCUT2D eigenvalue weighted by atomic mass is 9.75. The molecule has 2 aromatic carbocycles. The van der Waals surface area contributed by atoms with Crippen molar-refractivity contribution in [2.75, 3.05) is 20.8 Å². The van der Waals surface area contributed by atoms with Gasteiger partial charge in [0.05, 0.1) is 49.6 Å². The predicted molar refractivity (Wildman–Crippen MR) is 203 cm³/mol. The number of alkyl carbamates (subject to hydrolysis) is 2. The second-order valence-corrected chi connectivity index (χ2v) is 14.8. The Balaban J connectivity index is 1.11. The number of likely N-dealkylation sites (tertiary alicyclic amines) is 1. The maximum absolute atomic E-state index is 13.5. The van der Waals surface area contributed by atoms with Crippen LogP contribution in [0.1, 0.15) is 77.5 Å². The summed E-state index contributed by atoms with van der Waals surface area (Å²) in [5, 5.41) is 8.50. The van der Waals surface area contributed by atoms with Gasteiger partial charge in [-0.25, -0.2) is 19.6 Å². The van der Waals surface area contributed by atoms with E-state index in [1.807, 2.05) is 52.0 Å². The summed E-state index contributed by atoms with van der Waals surface area (Å²) in [5.41, 5.74) is 5.12. The first-order chi connectivity index (χ1) is 25.9. The Labute approximate surface area is 315 Å². The van der Waals surface area contributed by atoms with E-state index >= 15 is 0 Å². The Morgan fingerprint density at radius 3 is 1.78 bits per heavy atom. The molecule has 6 rings (SSSR count). The summed E-state index contributed by atoms with van der Waals surface area (Å²) in [6, 6.07) is 14.8. The van der Waals surface area contributed by atoms with Crippen LogP contribution in [0.15, 0.2) is 60.9 Å². The number of nitrogens with zero attached hydrogens (tertiary/aromatic N) is 3. The van der Waals surface area contributed by atoms with Crippen LogP contribution in [0.25, 0.3) is 33.6 Å². The van der Waals surface area contributed by atoms with Crippen LogP contribution in [-0.2, 0) is 24.6 Å². The van der Waals surface area contributed by atoms with E-state index in [2.05, 4.69) is 60.2 Å². The highest BCUT2D eigenvalue weighted by molar-refractivity contribution is 5.87. The Morgan fingerprint density at radius 2 is 1.26 bits per heavy atom. The number of ether oxygens (including phenoxy) is 2. The summed E-state index contributed by atoms with van der Waals surface area (Å²) in [5.74, 6) is 0.773. The van der Waals surface area contributed by atoms with Gasteiger partial charge in [-0.15, -0.1) is 0 Å². The summed E-state index contributed by atoms with van der Waals surface area (Å²) in [6.45, 7) is 8.14. The fourth-order valence-electron chi connectivity index (χ4n) is 7.23. The van der Waals surface area contributed by atoms with Crippen LogP contribution < -0.4 is 16.0 Å². The van der Waals surface area contributed by atoms with Crippen molar-refractivity contribution in [1.82, 2.24) is 40.8 Å². The van der Waals surface area contributed by atoms with Crippen LogP contribution in [0.4, 0.5) is 9.59 Å². The fraction of sp³-hybridized carbons (Fsp3) is 0.450. The van der Waals surface area contributed by atoms with E-state index in [1.54, 1.807) is 17.3 Å². The van der Waals surface area contributed by atoms with Crippen molar-refractivity contribution in [2.24, 2.45) is 11.8 Å². The number of hydrogen-bond donors (Lipinski definition) is 5. The second kappa shape index (κ2) is 16.1. The minimum absolute atomic E-state index is 0.105. The van der Waals surface area contributed by atoms with Gasteiger partial charge in [-0.3, -0.25) is 9.59 Å². The first kappa shape index (κ1) is 38.1. The van der Waals surface area contributed by atoms with Gasteiger partial charge in [0, 0.05) is 6.54 Å². The van der Waals surface area contributed by atoms with Gasteiger partial charge in [0.25, 0.3) is 0 Å². The average Bonchev–Trinajstić information content (AvgIpc) is 3.95. The lowest BCUT2D eigenvalue weighted by molar-refractivity contribution is -0.135. The third-order valence-electron chi connectivity index (χ3n) is 10.6. The predicted octanol–water partition coefficient (Wildman–Crippen LogP) is 6.05. The quantitative estimate of drug-likeness (QED) is 0.116. The van der Waals surface area contributed by atoms with E-state index in [4.69, 9.17) is 9.47 Å². The number of aromatic amines is 2. The number of rotatable bonds is 12. The number of hydrogen-bond acceptors (Lipinski definition) is 8. The first-order valence-corrected chi connectivity index (χ1v) is 18.6. The molecule has 2 fully saturated rings. The molecule has 1 saturated carbocycles. The summed E-state index contributed by atoms with van der Waals surface area (Å²) < 4.78 is 9.47. The molecule has 4 amide bonds. The van der Waals surface area contributed by atoms with Crippen molar-refractivity contribution < 1.29 is 28.7 Å². The fourth-order valence-corrected chi connectivity index (χ4v) is 7.23. The lowest BCUT2D eigenvalue weighted by Gasteiger charge is -2.42. The van der Waals surface area contributed by atoms with Crippen molar-refractivity contribution in [3.05, 3.63) is 72.6 Å². The Hall–Kier alpha value is -5.66. The van der Waals surface area contributed by atoms with E-state index in [0.29, 0.717) is 12.4 Å². The maximum atomic E-state index is 13.5. The number of methoxy groups -OCH3 is 2. The van der Waals surface area contributed by atoms with Crippen LogP contribution in [0.2, 0.25) is 0 Å². The molecule has 0 bridgehead atoms. The van der Waals surface area contributed by atoms with Crippen LogP contribution in [0.5, 0.6) is 0 Å². The molecular formula is C40H50N8O6. The van der Waals surface area contributed by atoms with E-state index in [0.717, 1.165) is 71.6 Å². The van der Waals surface area contributed by atoms with Gasteiger partial charge >= 0.3 is 12.2 Å². The first-order valence-electron chi connectivity index (χ1n) is 18.6. The normalized spacial score (nSPS) is 17.4. The van der Waals surface area contributed by atoms with Gasteiger partial charge in [-0.05, 0) is 66.2 Å². The van der Waals surface area contributed by atoms with Gasteiger partial charge in [0.1, 0.15) is 23.7 Å². The third-order valence-corrected chi connectivity index (χ3v) is 10.6. The molecule has 5 N–H and O–H groups in total. The van der Waals surface area contributed by atoms with Gasteiger partial charge in [-0.1, -0.05) is 76.2 Å². The standard InChI is InChI=1S/C40H50N8O6/c1-23(2)32(45-38(51)53-5)35(49)47-40(18-8-19-40)37-42-22-30(44-37)28-16-12-26(13-17-28)25-10-14-27(15-11-25)29-21-41-34(43-29)31-9-7-20-48(31)36(50)33(24(3)4)46-39(52)54-6/h10-17,21-24,31-33H,7-9,18-20H2,1-6H3,(H,41,43)(H,42,44)(H,45,51)(H,46,52)(H,47,49)/t31-,32-,33-/m0/s1. The van der Waals surface area contributed by atoms with E-state index in [-0.39, 0.29) is 29.7 Å². The van der Waals surface area contributed by atoms with Crippen LogP contribution in [-0.4, -0.2) is 81.7 Å². The van der Waals surface area contributed by atoms with Gasteiger partial charge in [0.15, 0.2) is 0 Å². The monoisotopic (exact) mass is 738 g/mol. The molecule has 54 heavy (non-hydrogen) atoms. The molecule has 14 nitrogen and oxygen atoms in total. The molecule has 1 aliphatic heterocycles. The smallest absolute Gasteiger partial charge is 0.407 e. The number of carbonyl (C=O) groups is 4. The SMILES string of the molecule is COC(=O)N[C@H](C(=O)NC1(c2ncc(-c3ccc(-c4ccc(-c5cnc([C@@H]6CCCN6C(=O)[C@@H](NC(=O)OC)C(C)C)[nH]5)cc4)cc3)[nH]2)CCC1)C(C)C. The number of aromatic nitrogens is 4. The molecule has 2 aliphatic rings. The molecule has 0 radical (unpaired) electrons. The molecule has 0 spiro atoms. The van der Waals surface area contributed by atoms with Crippen molar-refractivity contribution in [2.45, 2.75) is 83.5 Å². The topological polar surface area (TPSA) is 183 Å². The van der Waals surface area contributed by atoms with Crippen molar-refractivity contribution >= 4 is 24.0 Å².